The van der Waals surface area contributed by atoms with Crippen molar-refractivity contribution in [1.29, 1.82) is 0 Å². The third-order valence-corrected chi connectivity index (χ3v) is 5.71. The van der Waals surface area contributed by atoms with Gasteiger partial charge < -0.3 is 16.4 Å². The van der Waals surface area contributed by atoms with Crippen LogP contribution in [0.25, 0.3) is 0 Å². The van der Waals surface area contributed by atoms with E-state index in [1.807, 2.05) is 6.26 Å². The molecule has 1 heterocycles. The van der Waals surface area contributed by atoms with Crippen molar-refractivity contribution in [2.45, 2.75) is 37.1 Å². The van der Waals surface area contributed by atoms with Crippen molar-refractivity contribution in [2.75, 3.05) is 23.9 Å². The van der Waals surface area contributed by atoms with Gasteiger partial charge >= 0.3 is 0 Å². The number of thiophene rings is 1. The van der Waals surface area contributed by atoms with Gasteiger partial charge in [0.2, 0.25) is 0 Å². The molecule has 1 saturated carbocycles. The molecule has 6 heteroatoms. The summed E-state index contributed by atoms with van der Waals surface area (Å²) in [5.41, 5.74) is 6.73. The number of amides is 1. The van der Waals surface area contributed by atoms with Crippen LogP contribution in [0, 0.1) is 5.92 Å². The van der Waals surface area contributed by atoms with Gasteiger partial charge in [0, 0.05) is 12.6 Å². The summed E-state index contributed by atoms with van der Waals surface area (Å²) in [6, 6.07) is 0.540. The van der Waals surface area contributed by atoms with E-state index < -0.39 is 0 Å². The summed E-state index contributed by atoms with van der Waals surface area (Å²) in [6.07, 6.45) is 7.36. The molecule has 1 aromatic heterocycles. The van der Waals surface area contributed by atoms with Gasteiger partial charge in [-0.15, -0.1) is 29.7 Å². The van der Waals surface area contributed by atoms with Gasteiger partial charge in [0.25, 0.3) is 5.91 Å². The van der Waals surface area contributed by atoms with Crippen LogP contribution in [-0.4, -0.2) is 24.7 Å². The highest BCUT2D eigenvalue weighted by atomic mass is 32.2. The number of carbonyl (C=O) groups excluding carboxylic acids is 1. The Labute approximate surface area is 134 Å². The maximum absolute atomic E-state index is 12.1. The van der Waals surface area contributed by atoms with Crippen molar-refractivity contribution in [3.63, 3.8) is 0 Å². The minimum atomic E-state index is -0.123. The summed E-state index contributed by atoms with van der Waals surface area (Å²) < 4.78 is 0. The fraction of sp³-hybridized carbons (Fsp3) is 0.533. The molecule has 1 amide bonds. The number of hydrogen-bond donors (Lipinski definition) is 3. The van der Waals surface area contributed by atoms with E-state index >= 15 is 0 Å². The molecular weight excluding hydrogens is 302 g/mol. The van der Waals surface area contributed by atoms with Crippen LogP contribution in [0.5, 0.6) is 0 Å². The van der Waals surface area contributed by atoms with Gasteiger partial charge in [-0.3, -0.25) is 4.79 Å². The predicted octanol–water partition coefficient (Wildman–Crippen LogP) is 3.57. The van der Waals surface area contributed by atoms with Crippen LogP contribution in [0.1, 0.15) is 35.9 Å². The van der Waals surface area contributed by atoms with E-state index in [1.54, 1.807) is 17.8 Å². The van der Waals surface area contributed by atoms with Crippen molar-refractivity contribution in [3.8, 4) is 0 Å². The second-order valence-electron chi connectivity index (χ2n) is 5.24. The Kier molecular flexibility index (Phi) is 5.58. The van der Waals surface area contributed by atoms with Gasteiger partial charge in [0.15, 0.2) is 0 Å². The average molecular weight is 326 g/mol. The number of anilines is 2. The smallest absolute Gasteiger partial charge is 0.263 e. The summed E-state index contributed by atoms with van der Waals surface area (Å²) in [5, 5.41) is 7.38. The first kappa shape index (κ1) is 16.2. The third-order valence-electron chi connectivity index (χ3n) is 3.62. The highest BCUT2D eigenvalue weighted by Gasteiger charge is 2.37. The summed E-state index contributed by atoms with van der Waals surface area (Å²) >= 11 is 3.05. The molecule has 2 rings (SSSR count). The number of nitrogens with one attached hydrogen (secondary N) is 2. The van der Waals surface area contributed by atoms with Gasteiger partial charge in [-0.1, -0.05) is 19.4 Å². The van der Waals surface area contributed by atoms with E-state index in [4.69, 9.17) is 5.73 Å². The van der Waals surface area contributed by atoms with Gasteiger partial charge in [-0.2, -0.15) is 0 Å². The molecule has 1 fully saturated rings. The van der Waals surface area contributed by atoms with Crippen molar-refractivity contribution in [3.05, 3.63) is 17.5 Å². The molecule has 1 aliphatic carbocycles. The second-order valence-corrected chi connectivity index (χ2v) is 7.08. The standard InChI is InChI=1S/C15H23N3OS2/c1-4-6-9-8-10(9)18-15-13(20-3)11(16)12(21-15)14(19)17-7-5-2/h5,9-10,18H,2,4,6-8,16H2,1,3H3,(H,17,19). The quantitative estimate of drug-likeness (QED) is 0.505. The zero-order valence-electron chi connectivity index (χ0n) is 12.6. The molecule has 4 N–H and O–H groups in total. The zero-order valence-corrected chi connectivity index (χ0v) is 14.2. The second kappa shape index (κ2) is 7.22. The molecule has 4 nitrogen and oxygen atoms in total. The molecule has 1 aliphatic rings. The number of carbonyl (C=O) groups is 1. The van der Waals surface area contributed by atoms with E-state index in [0.29, 0.717) is 23.2 Å². The SMILES string of the molecule is C=CCNC(=O)c1sc(NC2CC2CCC)c(SC)c1N. The Morgan fingerprint density at radius 1 is 1.62 bits per heavy atom. The molecule has 0 bridgehead atoms. The Morgan fingerprint density at radius 3 is 3.00 bits per heavy atom. The van der Waals surface area contributed by atoms with E-state index in [2.05, 4.69) is 24.1 Å². The van der Waals surface area contributed by atoms with Crippen molar-refractivity contribution >= 4 is 39.7 Å². The zero-order chi connectivity index (χ0) is 15.4. The van der Waals surface area contributed by atoms with Crippen LogP contribution in [-0.2, 0) is 0 Å². The highest BCUT2D eigenvalue weighted by Crippen LogP contribution is 2.45. The molecule has 0 aliphatic heterocycles. The number of thioether (sulfide) groups is 1. The lowest BCUT2D eigenvalue weighted by molar-refractivity contribution is 0.0963. The van der Waals surface area contributed by atoms with Crippen molar-refractivity contribution in [1.82, 2.24) is 5.32 Å². The normalized spacial score (nSPS) is 20.1. The van der Waals surface area contributed by atoms with Gasteiger partial charge in [-0.05, 0) is 25.0 Å². The first-order valence-corrected chi connectivity index (χ1v) is 9.28. The summed E-state index contributed by atoms with van der Waals surface area (Å²) in [7, 11) is 0. The molecule has 2 atom stereocenters. The van der Waals surface area contributed by atoms with Crippen LogP contribution < -0.4 is 16.4 Å². The Bertz CT molecular complexity index is 527. The number of nitrogens with two attached hydrogens (primary N) is 1. The number of rotatable bonds is 8. The molecule has 0 spiro atoms. The van der Waals surface area contributed by atoms with Gasteiger partial charge in [-0.25, -0.2) is 0 Å². The minimum absolute atomic E-state index is 0.123. The number of nitrogen functional groups attached to an aromatic ring is 1. The largest absolute Gasteiger partial charge is 0.396 e. The van der Waals surface area contributed by atoms with Crippen molar-refractivity contribution in [2.24, 2.45) is 5.92 Å². The minimum Gasteiger partial charge on any atom is -0.396 e. The molecule has 0 aromatic carbocycles. The van der Waals surface area contributed by atoms with Gasteiger partial charge in [0.1, 0.15) is 9.88 Å². The fourth-order valence-electron chi connectivity index (χ4n) is 2.42. The van der Waals surface area contributed by atoms with E-state index in [1.165, 1.54) is 30.6 Å². The highest BCUT2D eigenvalue weighted by molar-refractivity contribution is 7.99. The Morgan fingerprint density at radius 2 is 2.38 bits per heavy atom. The van der Waals surface area contributed by atoms with Crippen LogP contribution in [0.4, 0.5) is 10.7 Å². The fourth-order valence-corrected chi connectivity index (χ4v) is 4.42. The molecule has 116 valence electrons. The van der Waals surface area contributed by atoms with E-state index in [0.717, 1.165) is 15.8 Å². The molecule has 0 saturated heterocycles. The summed E-state index contributed by atoms with van der Waals surface area (Å²) in [4.78, 5) is 13.7. The molecule has 21 heavy (non-hydrogen) atoms. The Balaban J connectivity index is 2.11. The van der Waals surface area contributed by atoms with Gasteiger partial charge in [0.05, 0.1) is 10.6 Å². The van der Waals surface area contributed by atoms with Crippen LogP contribution in [0.15, 0.2) is 17.6 Å². The first-order valence-electron chi connectivity index (χ1n) is 7.24. The topological polar surface area (TPSA) is 67.2 Å². The van der Waals surface area contributed by atoms with Crippen LogP contribution in [0.2, 0.25) is 0 Å². The monoisotopic (exact) mass is 325 g/mol. The average Bonchev–Trinajstić information content (AvgIpc) is 3.11. The molecule has 2 unspecified atom stereocenters. The molecule has 0 radical (unpaired) electrons. The predicted molar refractivity (Wildman–Crippen MR) is 93.5 cm³/mol. The lowest BCUT2D eigenvalue weighted by atomic mass is 10.2. The van der Waals surface area contributed by atoms with Crippen LogP contribution in [0.3, 0.4) is 0 Å². The third kappa shape index (κ3) is 3.74. The van der Waals surface area contributed by atoms with Crippen molar-refractivity contribution < 1.29 is 4.79 Å². The molecule has 1 aromatic rings. The lowest BCUT2D eigenvalue weighted by Gasteiger charge is -2.05. The first-order chi connectivity index (χ1) is 10.1. The lowest BCUT2D eigenvalue weighted by Crippen LogP contribution is -2.23. The number of hydrogen-bond acceptors (Lipinski definition) is 5. The maximum atomic E-state index is 12.1. The van der Waals surface area contributed by atoms with E-state index in [9.17, 15) is 4.79 Å². The maximum Gasteiger partial charge on any atom is 0.263 e. The summed E-state index contributed by atoms with van der Waals surface area (Å²) in [5.74, 6) is 0.646. The van der Waals surface area contributed by atoms with Crippen LogP contribution >= 0.6 is 23.1 Å². The molecular formula is C15H23N3OS2. The Hall–Kier alpha value is -1.14. The van der Waals surface area contributed by atoms with E-state index in [-0.39, 0.29) is 5.91 Å². The summed E-state index contributed by atoms with van der Waals surface area (Å²) in [6.45, 7) is 6.27.